The lowest BCUT2D eigenvalue weighted by atomic mass is 10.1. The molecule has 24 heavy (non-hydrogen) atoms. The molecule has 1 aromatic rings. The lowest BCUT2D eigenvalue weighted by Gasteiger charge is -2.20. The molecular weight excluding hydrogens is 334 g/mol. The van der Waals surface area contributed by atoms with Gasteiger partial charge in [0.05, 0.1) is 18.4 Å². The number of carbonyl (C=O) groups excluding carboxylic acids is 2. The summed E-state index contributed by atoms with van der Waals surface area (Å²) in [7, 11) is -2.37. The van der Waals surface area contributed by atoms with Gasteiger partial charge < -0.3 is 9.47 Å². The van der Waals surface area contributed by atoms with Crippen molar-refractivity contribution in [1.29, 1.82) is 0 Å². The smallest absolute Gasteiger partial charge is 0.331 e. The second-order valence-corrected chi connectivity index (χ2v) is 7.43. The number of hydrogen-bond acceptors (Lipinski definition) is 6. The minimum atomic E-state index is -3.56. The number of nitrogens with one attached hydrogen (secondary N) is 1. The Labute approximate surface area is 141 Å². The summed E-state index contributed by atoms with van der Waals surface area (Å²) in [4.78, 5) is 22.5. The van der Waals surface area contributed by atoms with E-state index in [2.05, 4.69) is 9.46 Å². The first-order valence-corrected chi connectivity index (χ1v) is 8.79. The fourth-order valence-electron chi connectivity index (χ4n) is 1.64. The van der Waals surface area contributed by atoms with Crippen molar-refractivity contribution in [2.24, 2.45) is 0 Å². The van der Waals surface area contributed by atoms with E-state index >= 15 is 0 Å². The largest absolute Gasteiger partial charge is 0.466 e. The molecule has 0 saturated carbocycles. The second kappa shape index (κ2) is 9.19. The van der Waals surface area contributed by atoms with Crippen LogP contribution in [-0.4, -0.2) is 39.3 Å². The highest BCUT2D eigenvalue weighted by Gasteiger charge is 2.23. The fraction of sp³-hybridized carbons (Fsp3) is 0.375. The van der Waals surface area contributed by atoms with E-state index in [1.807, 2.05) is 0 Å². The molecule has 0 spiro atoms. The molecule has 0 heterocycles. The van der Waals surface area contributed by atoms with Gasteiger partial charge >= 0.3 is 11.9 Å². The van der Waals surface area contributed by atoms with E-state index in [-0.39, 0.29) is 6.61 Å². The molecule has 8 heteroatoms. The van der Waals surface area contributed by atoms with Crippen molar-refractivity contribution in [1.82, 2.24) is 4.72 Å². The fourth-order valence-corrected chi connectivity index (χ4v) is 2.51. The summed E-state index contributed by atoms with van der Waals surface area (Å²) >= 11 is 0. The lowest BCUT2D eigenvalue weighted by molar-refractivity contribution is -0.139. The summed E-state index contributed by atoms with van der Waals surface area (Å²) in [6.45, 7) is 2.89. The maximum atomic E-state index is 12.1. The zero-order valence-corrected chi connectivity index (χ0v) is 14.6. The van der Waals surface area contributed by atoms with E-state index in [0.717, 1.165) is 12.2 Å². The quantitative estimate of drug-likeness (QED) is 0.558. The Morgan fingerprint density at radius 3 is 2.25 bits per heavy atom. The number of rotatable bonds is 8. The molecule has 132 valence electrons. The van der Waals surface area contributed by atoms with Gasteiger partial charge in [0, 0.05) is 12.2 Å². The highest BCUT2D eigenvalue weighted by molar-refractivity contribution is 7.90. The van der Waals surface area contributed by atoms with Crippen LogP contribution in [0, 0.1) is 0 Å². The van der Waals surface area contributed by atoms with E-state index < -0.39 is 33.3 Å². The van der Waals surface area contributed by atoms with Crippen LogP contribution >= 0.6 is 0 Å². The van der Waals surface area contributed by atoms with Crippen molar-refractivity contribution in [2.45, 2.75) is 25.1 Å². The van der Waals surface area contributed by atoms with Crippen LogP contribution in [0.25, 0.3) is 0 Å². The number of sulfonamides is 1. The molecule has 0 saturated heterocycles. The summed E-state index contributed by atoms with van der Waals surface area (Å²) in [6, 6.07) is 8.03. The highest BCUT2D eigenvalue weighted by Crippen LogP contribution is 2.16. The van der Waals surface area contributed by atoms with E-state index in [9.17, 15) is 18.0 Å². The Kier molecular flexibility index (Phi) is 7.60. The highest BCUT2D eigenvalue weighted by atomic mass is 32.2. The molecule has 1 atom stereocenters. The second-order valence-electron chi connectivity index (χ2n) is 5.16. The lowest BCUT2D eigenvalue weighted by Crippen LogP contribution is -2.36. The van der Waals surface area contributed by atoms with Gasteiger partial charge in [0.1, 0.15) is 6.61 Å². The van der Waals surface area contributed by atoms with E-state index in [0.29, 0.717) is 5.56 Å². The Morgan fingerprint density at radius 1 is 1.12 bits per heavy atom. The molecule has 1 N–H and O–H groups in total. The molecule has 1 rings (SSSR count). The van der Waals surface area contributed by atoms with Gasteiger partial charge in [0.15, 0.2) is 0 Å². The monoisotopic (exact) mass is 355 g/mol. The average Bonchev–Trinajstić information content (AvgIpc) is 2.56. The van der Waals surface area contributed by atoms with E-state index in [1.165, 1.54) is 7.11 Å². The molecule has 0 bridgehead atoms. The van der Waals surface area contributed by atoms with Gasteiger partial charge in [-0.15, -0.1) is 0 Å². The molecule has 0 fully saturated rings. The van der Waals surface area contributed by atoms with Crippen LogP contribution in [0.2, 0.25) is 0 Å². The van der Waals surface area contributed by atoms with Crippen molar-refractivity contribution in [3.63, 3.8) is 0 Å². The number of ether oxygens (including phenoxy) is 2. The normalized spacial score (nSPS) is 13.0. The first-order chi connectivity index (χ1) is 11.3. The van der Waals surface area contributed by atoms with Gasteiger partial charge in [-0.05, 0) is 19.4 Å². The van der Waals surface area contributed by atoms with Gasteiger partial charge in [-0.3, -0.25) is 0 Å². The van der Waals surface area contributed by atoms with Crippen molar-refractivity contribution in [3.05, 3.63) is 48.0 Å². The van der Waals surface area contributed by atoms with Crippen LogP contribution < -0.4 is 4.72 Å². The summed E-state index contributed by atoms with van der Waals surface area (Å²) in [5.74, 6) is -1.46. The van der Waals surface area contributed by atoms with Crippen LogP contribution in [0.3, 0.4) is 0 Å². The van der Waals surface area contributed by atoms with Gasteiger partial charge in [-0.2, -0.15) is 0 Å². The van der Waals surface area contributed by atoms with Crippen LogP contribution in [0.1, 0.15) is 25.5 Å². The average molecular weight is 355 g/mol. The molecule has 1 aromatic carbocycles. The topological polar surface area (TPSA) is 98.8 Å². The Balaban J connectivity index is 2.82. The van der Waals surface area contributed by atoms with Crippen molar-refractivity contribution < 1.29 is 27.5 Å². The molecule has 0 aliphatic heterocycles. The predicted octanol–water partition coefficient (Wildman–Crippen LogP) is 1.33. The Morgan fingerprint density at radius 2 is 1.71 bits per heavy atom. The Bertz CT molecular complexity index is 682. The summed E-state index contributed by atoms with van der Waals surface area (Å²) in [5.41, 5.74) is 0.659. The van der Waals surface area contributed by atoms with Crippen molar-refractivity contribution >= 4 is 22.0 Å². The number of benzene rings is 1. The zero-order valence-electron chi connectivity index (χ0n) is 13.8. The van der Waals surface area contributed by atoms with Crippen LogP contribution in [0.5, 0.6) is 0 Å². The first-order valence-electron chi connectivity index (χ1n) is 7.25. The van der Waals surface area contributed by atoms with Crippen LogP contribution in [0.15, 0.2) is 42.5 Å². The molecule has 7 nitrogen and oxygen atoms in total. The summed E-state index contributed by atoms with van der Waals surface area (Å²) in [5, 5.41) is -0.626. The van der Waals surface area contributed by atoms with Gasteiger partial charge in [-0.25, -0.2) is 22.7 Å². The summed E-state index contributed by atoms with van der Waals surface area (Å²) in [6.07, 6.45) is 1.85. The minimum absolute atomic E-state index is 0.208. The molecule has 0 amide bonds. The number of esters is 2. The Hall–Kier alpha value is -2.19. The van der Waals surface area contributed by atoms with Gasteiger partial charge in [0.25, 0.3) is 0 Å². The maximum Gasteiger partial charge on any atom is 0.331 e. The number of methoxy groups -OCH3 is 1. The van der Waals surface area contributed by atoms with Crippen molar-refractivity contribution in [2.75, 3.05) is 13.7 Å². The maximum absolute atomic E-state index is 12.1. The molecule has 0 radical (unpaired) electrons. The van der Waals surface area contributed by atoms with E-state index in [4.69, 9.17) is 4.74 Å². The standard InChI is InChI=1S/C16H21NO6S/c1-12(2)24(20,21)17-14(13-7-5-4-6-8-13)11-23-16(19)10-9-15(18)22-3/h4-10,12,14,17H,11H2,1-3H3/b10-9+. The molecule has 0 aromatic heterocycles. The van der Waals surface area contributed by atoms with Crippen LogP contribution in [0.4, 0.5) is 0 Å². The van der Waals surface area contributed by atoms with Crippen molar-refractivity contribution in [3.8, 4) is 0 Å². The molecule has 0 aliphatic carbocycles. The van der Waals surface area contributed by atoms with Gasteiger partial charge in [0.2, 0.25) is 10.0 Å². The summed E-state index contributed by atoms with van der Waals surface area (Å²) < 4.78 is 36.1. The predicted molar refractivity (Wildman–Crippen MR) is 88.5 cm³/mol. The first kappa shape index (κ1) is 19.9. The molecule has 0 aliphatic rings. The molecule has 1 unspecified atom stereocenters. The number of carbonyl (C=O) groups is 2. The van der Waals surface area contributed by atoms with Crippen LogP contribution in [-0.2, 0) is 29.1 Å². The van der Waals surface area contributed by atoms with E-state index in [1.54, 1.807) is 44.2 Å². The molecular formula is C16H21NO6S. The number of hydrogen-bond donors (Lipinski definition) is 1. The zero-order chi connectivity index (χ0) is 18.2. The minimum Gasteiger partial charge on any atom is -0.466 e. The third-order valence-electron chi connectivity index (χ3n) is 3.08. The third-order valence-corrected chi connectivity index (χ3v) is 4.93. The third kappa shape index (κ3) is 6.51. The SMILES string of the molecule is COC(=O)/C=C/C(=O)OCC(NS(=O)(=O)C(C)C)c1ccccc1. The van der Waals surface area contributed by atoms with Gasteiger partial charge in [-0.1, -0.05) is 30.3 Å².